The number of primary amides is 1. The number of carbonyl (C=O) groups excluding carboxylic acids is 3. The van der Waals surface area contributed by atoms with Crippen molar-refractivity contribution in [2.45, 2.75) is 45.8 Å². The Hall–Kier alpha value is -5.60. The first-order chi connectivity index (χ1) is 25.0. The maximum absolute atomic E-state index is 13.8. The maximum atomic E-state index is 13.8. The molecule has 52 heavy (non-hydrogen) atoms. The van der Waals surface area contributed by atoms with Gasteiger partial charge in [-0.3, -0.25) is 24.0 Å². The fourth-order valence-corrected chi connectivity index (χ4v) is 6.93. The molecule has 15 heteroatoms. The Labute approximate surface area is 304 Å². The molecule has 1 fully saturated rings. The number of carbonyl (C=O) groups is 3. The van der Waals surface area contributed by atoms with Crippen molar-refractivity contribution in [1.82, 2.24) is 34.8 Å². The summed E-state index contributed by atoms with van der Waals surface area (Å²) in [5.41, 5.74) is 11.5. The highest BCUT2D eigenvalue weighted by Crippen LogP contribution is 2.38. The highest BCUT2D eigenvalue weighted by molar-refractivity contribution is 6.34. The van der Waals surface area contributed by atoms with Crippen molar-refractivity contribution in [3.05, 3.63) is 106 Å². The van der Waals surface area contributed by atoms with Gasteiger partial charge in [0.15, 0.2) is 5.69 Å². The smallest absolute Gasteiger partial charge is 0.269 e. The number of pyridine rings is 1. The van der Waals surface area contributed by atoms with Crippen LogP contribution in [0.15, 0.2) is 67.1 Å². The van der Waals surface area contributed by atoms with Gasteiger partial charge < -0.3 is 21.3 Å². The van der Waals surface area contributed by atoms with Gasteiger partial charge in [0.1, 0.15) is 18.2 Å². The topological polar surface area (TPSA) is 156 Å². The molecule has 1 aliphatic heterocycles. The van der Waals surface area contributed by atoms with E-state index in [9.17, 15) is 18.8 Å². The second kappa shape index (κ2) is 14.6. The van der Waals surface area contributed by atoms with E-state index in [1.54, 1.807) is 33.8 Å². The third-order valence-electron chi connectivity index (χ3n) is 9.19. The molecule has 1 aliphatic carbocycles. The molecule has 0 bridgehead atoms. The largest absolute Gasteiger partial charge is 0.364 e. The molecule has 0 unspecified atom stereocenters. The minimum Gasteiger partial charge on any atom is -0.364 e. The highest BCUT2D eigenvalue weighted by atomic mass is 35.5. The van der Waals surface area contributed by atoms with Crippen molar-refractivity contribution in [3.63, 3.8) is 0 Å². The van der Waals surface area contributed by atoms with Gasteiger partial charge in [-0.1, -0.05) is 17.7 Å². The predicted molar refractivity (Wildman–Crippen MR) is 195 cm³/mol. The van der Waals surface area contributed by atoms with Gasteiger partial charge in [0.05, 0.1) is 28.2 Å². The molecule has 3 amide bonds. The Morgan fingerprint density at radius 3 is 2.50 bits per heavy atom. The lowest BCUT2D eigenvalue weighted by Crippen LogP contribution is -2.46. The lowest BCUT2D eigenvalue weighted by atomic mass is 9.88. The highest BCUT2D eigenvalue weighted by Gasteiger charge is 2.29. The van der Waals surface area contributed by atoms with E-state index >= 15 is 0 Å². The number of aromatic nitrogens is 5. The summed E-state index contributed by atoms with van der Waals surface area (Å²) in [5.74, 6) is -0.861. The summed E-state index contributed by atoms with van der Waals surface area (Å²) in [7, 11) is 0. The van der Waals surface area contributed by atoms with Crippen LogP contribution in [0.2, 0.25) is 5.02 Å². The van der Waals surface area contributed by atoms with Crippen molar-refractivity contribution >= 4 is 40.8 Å². The molecule has 2 aliphatic rings. The lowest BCUT2D eigenvalue weighted by molar-refractivity contribution is -0.122. The first-order valence-corrected chi connectivity index (χ1v) is 17.5. The molecule has 0 atom stereocenters. The molecule has 0 radical (unpaired) electrons. The summed E-state index contributed by atoms with van der Waals surface area (Å²) in [6.07, 6.45) is 6.39. The third-order valence-corrected chi connectivity index (χ3v) is 9.49. The Morgan fingerprint density at radius 1 is 1.00 bits per heavy atom. The van der Waals surface area contributed by atoms with Crippen LogP contribution in [0, 0.1) is 5.82 Å². The van der Waals surface area contributed by atoms with Crippen LogP contribution in [-0.4, -0.2) is 79.4 Å². The average Bonchev–Trinajstić information content (AvgIpc) is 3.73. The van der Waals surface area contributed by atoms with Crippen LogP contribution in [0.25, 0.3) is 16.9 Å². The number of halogens is 2. The minimum absolute atomic E-state index is 0.0742. The van der Waals surface area contributed by atoms with E-state index in [1.807, 2.05) is 38.2 Å². The number of rotatable bonds is 10. The Bertz CT molecular complexity index is 2160. The summed E-state index contributed by atoms with van der Waals surface area (Å²) in [4.78, 5) is 47.1. The molecular formula is C37H38ClFN10O3. The zero-order valence-electron chi connectivity index (χ0n) is 28.8. The number of nitrogens with two attached hydrogens (primary N) is 1. The van der Waals surface area contributed by atoms with E-state index in [-0.39, 0.29) is 34.8 Å². The Kier molecular flexibility index (Phi) is 9.75. The quantitative estimate of drug-likeness (QED) is 0.193. The standard InChI is InChI=1S/C37H38ClFN10O3/c1-22(2)43-33(50)21-48-20-23(17-42-48)19-46-11-13-47(14-12-46)32-16-30(31(38)18-41-32)37(52)44-26-7-3-24-4-10-28-34(36(40)51)45-49(35(28)29(24)15-26)27-8-5-25(39)6-9-27/h3,5-9,15-18,20,22H,4,10-14,19,21H2,1-2H3,(H2,40,51)(H,43,50)(H,44,52). The van der Waals surface area contributed by atoms with Gasteiger partial charge in [0.25, 0.3) is 11.8 Å². The van der Waals surface area contributed by atoms with Gasteiger partial charge in [0.2, 0.25) is 5.91 Å². The number of hydrogen-bond donors (Lipinski definition) is 3. The summed E-state index contributed by atoms with van der Waals surface area (Å²) < 4.78 is 17.0. The molecule has 4 N–H and O–H groups in total. The van der Waals surface area contributed by atoms with Crippen LogP contribution in [0.3, 0.4) is 0 Å². The van der Waals surface area contributed by atoms with Crippen LogP contribution in [0.4, 0.5) is 15.9 Å². The number of hydrogen-bond acceptors (Lipinski definition) is 8. The molecule has 2 aromatic carbocycles. The van der Waals surface area contributed by atoms with Gasteiger partial charge in [0, 0.05) is 73.5 Å². The lowest BCUT2D eigenvalue weighted by Gasteiger charge is -2.35. The van der Waals surface area contributed by atoms with Gasteiger partial charge in [-0.25, -0.2) is 14.1 Å². The van der Waals surface area contributed by atoms with E-state index in [1.165, 1.54) is 18.3 Å². The monoisotopic (exact) mass is 724 g/mol. The second-order valence-corrected chi connectivity index (χ2v) is 13.7. The van der Waals surface area contributed by atoms with Crippen molar-refractivity contribution < 1.29 is 18.8 Å². The summed E-state index contributed by atoms with van der Waals surface area (Å²) in [6.45, 7) is 7.67. The first-order valence-electron chi connectivity index (χ1n) is 17.1. The zero-order valence-corrected chi connectivity index (χ0v) is 29.5. The van der Waals surface area contributed by atoms with Crippen LogP contribution in [-0.2, 0) is 30.7 Å². The number of piperazine rings is 1. The zero-order chi connectivity index (χ0) is 36.5. The molecule has 268 valence electrons. The van der Waals surface area contributed by atoms with Crippen LogP contribution >= 0.6 is 11.6 Å². The van der Waals surface area contributed by atoms with E-state index in [0.717, 1.165) is 29.8 Å². The molecule has 0 spiro atoms. The molecule has 7 rings (SSSR count). The van der Waals surface area contributed by atoms with Crippen molar-refractivity contribution in [1.29, 1.82) is 0 Å². The van der Waals surface area contributed by atoms with Gasteiger partial charge in [-0.15, -0.1) is 0 Å². The fraction of sp³-hybridized carbons (Fsp3) is 0.297. The molecule has 13 nitrogen and oxygen atoms in total. The van der Waals surface area contributed by atoms with Gasteiger partial charge in [-0.2, -0.15) is 10.2 Å². The third kappa shape index (κ3) is 7.39. The number of fused-ring (bicyclic) bond motifs is 3. The number of anilines is 2. The second-order valence-electron chi connectivity index (χ2n) is 13.3. The van der Waals surface area contributed by atoms with Gasteiger partial charge >= 0.3 is 0 Å². The molecule has 0 saturated carbocycles. The van der Waals surface area contributed by atoms with E-state index < -0.39 is 17.6 Å². The van der Waals surface area contributed by atoms with Crippen molar-refractivity contribution in [2.75, 3.05) is 36.4 Å². The predicted octanol–water partition coefficient (Wildman–Crippen LogP) is 4.22. The number of amides is 3. The van der Waals surface area contributed by atoms with Crippen LogP contribution in [0.5, 0.6) is 0 Å². The number of aryl methyl sites for hydroxylation is 1. The normalized spacial score (nSPS) is 14.2. The van der Waals surface area contributed by atoms with E-state index in [0.29, 0.717) is 60.9 Å². The number of nitrogens with zero attached hydrogens (tertiary/aromatic N) is 7. The van der Waals surface area contributed by atoms with Crippen molar-refractivity contribution in [3.8, 4) is 16.9 Å². The number of benzene rings is 2. The fourth-order valence-electron chi connectivity index (χ4n) is 6.74. The van der Waals surface area contributed by atoms with Crippen LogP contribution in [0.1, 0.15) is 51.4 Å². The van der Waals surface area contributed by atoms with E-state index in [2.05, 4.69) is 35.6 Å². The summed E-state index contributed by atoms with van der Waals surface area (Å²) >= 11 is 6.52. The molecule has 4 heterocycles. The average molecular weight is 725 g/mol. The minimum atomic E-state index is -0.647. The Balaban J connectivity index is 1.04. The SMILES string of the molecule is CC(C)NC(=O)Cn1cc(CN2CCN(c3cc(C(=O)Nc4ccc5c(c4)-c4c(c(C(N)=O)nn4-c4ccc(F)cc4)CC5)c(Cl)cn3)CC2)cn1. The van der Waals surface area contributed by atoms with E-state index in [4.69, 9.17) is 17.3 Å². The molecule has 5 aromatic rings. The molecular weight excluding hydrogens is 687 g/mol. The van der Waals surface area contributed by atoms with Crippen LogP contribution < -0.4 is 21.3 Å². The van der Waals surface area contributed by atoms with Crippen molar-refractivity contribution in [2.24, 2.45) is 5.73 Å². The Morgan fingerprint density at radius 2 is 1.77 bits per heavy atom. The summed E-state index contributed by atoms with van der Waals surface area (Å²) in [5, 5.41) is 14.9. The summed E-state index contributed by atoms with van der Waals surface area (Å²) in [6, 6.07) is 13.2. The number of nitrogens with one attached hydrogen (secondary N) is 2. The molecule has 1 saturated heterocycles. The molecule has 3 aromatic heterocycles. The first kappa shape index (κ1) is 34.8. The van der Waals surface area contributed by atoms with Gasteiger partial charge in [-0.05, 0) is 74.7 Å². The maximum Gasteiger partial charge on any atom is 0.269 e.